The first-order valence-electron chi connectivity index (χ1n) is 6.33. The number of ether oxygens (including phenoxy) is 1. The fourth-order valence-electron chi connectivity index (χ4n) is 2.17. The lowest BCUT2D eigenvalue weighted by atomic mass is 10.1. The van der Waals surface area contributed by atoms with Crippen molar-refractivity contribution in [2.45, 2.75) is 31.0 Å². The van der Waals surface area contributed by atoms with Gasteiger partial charge in [0.25, 0.3) is 5.56 Å². The third-order valence-corrected chi connectivity index (χ3v) is 3.31. The van der Waals surface area contributed by atoms with E-state index in [4.69, 9.17) is 15.6 Å². The summed E-state index contributed by atoms with van der Waals surface area (Å²) in [6, 6.07) is 0. The van der Waals surface area contributed by atoms with Gasteiger partial charge in [-0.05, 0) is 12.6 Å². The number of hydrogen-bond acceptors (Lipinski definition) is 7. The van der Waals surface area contributed by atoms with Crippen molar-refractivity contribution in [2.24, 2.45) is 5.73 Å². The number of nitrogens with two attached hydrogens (primary N) is 1. The quantitative estimate of drug-likeness (QED) is 0.402. The van der Waals surface area contributed by atoms with Gasteiger partial charge in [-0.2, -0.15) is 0 Å². The Balaban J connectivity index is 2.40. The predicted octanol–water partition coefficient (Wildman–Crippen LogP) is -2.84. The Morgan fingerprint density at radius 2 is 2.10 bits per heavy atom. The first-order valence-corrected chi connectivity index (χ1v) is 6.33. The number of nitrogens with zero attached hydrogens (tertiary/aromatic N) is 1. The van der Waals surface area contributed by atoms with E-state index in [1.165, 1.54) is 18.5 Å². The molecule has 1 aliphatic rings. The average Bonchev–Trinajstić information content (AvgIpc) is 2.74. The van der Waals surface area contributed by atoms with Gasteiger partial charge in [0, 0.05) is 11.8 Å². The second-order valence-electron chi connectivity index (χ2n) is 4.68. The van der Waals surface area contributed by atoms with Gasteiger partial charge in [0.2, 0.25) is 0 Å². The Bertz CT molecular complexity index is 637. The van der Waals surface area contributed by atoms with Crippen molar-refractivity contribution in [2.75, 3.05) is 6.61 Å². The Labute approximate surface area is 118 Å². The number of hydrogen-bond donors (Lipinski definition) is 5. The third kappa shape index (κ3) is 2.90. The number of rotatable bonds is 4. The highest BCUT2D eigenvalue weighted by Gasteiger charge is 2.43. The van der Waals surface area contributed by atoms with Crippen molar-refractivity contribution in [1.82, 2.24) is 9.55 Å². The van der Waals surface area contributed by atoms with Gasteiger partial charge in [-0.3, -0.25) is 14.3 Å². The lowest BCUT2D eigenvalue weighted by Crippen LogP contribution is -2.38. The first kappa shape index (κ1) is 15.4. The molecule has 0 unspecified atom stereocenters. The molecule has 0 spiro atoms. The molecule has 6 N–H and O–H groups in total. The molecule has 1 aromatic rings. The SMILES string of the molecule is N/C=C/Cc1cn([C@@H]2O[C@H](CO)[C@@H](O)[C@H]2O)c(=O)[nH]c1=O. The van der Waals surface area contributed by atoms with Crippen LogP contribution in [0, 0.1) is 0 Å². The molecule has 0 saturated carbocycles. The molecule has 9 nitrogen and oxygen atoms in total. The molecule has 0 radical (unpaired) electrons. The molecule has 2 rings (SSSR count). The summed E-state index contributed by atoms with van der Waals surface area (Å²) in [6.45, 7) is -0.504. The number of H-pyrrole nitrogens is 1. The zero-order valence-corrected chi connectivity index (χ0v) is 11.0. The van der Waals surface area contributed by atoms with Gasteiger partial charge in [-0.1, -0.05) is 6.08 Å². The molecule has 0 aromatic carbocycles. The normalized spacial score (nSPS) is 29.3. The fraction of sp³-hybridized carbons (Fsp3) is 0.500. The molecule has 1 saturated heterocycles. The Morgan fingerprint density at radius 3 is 2.67 bits per heavy atom. The van der Waals surface area contributed by atoms with E-state index in [0.717, 1.165) is 4.57 Å². The van der Waals surface area contributed by atoms with Crippen molar-refractivity contribution >= 4 is 0 Å². The van der Waals surface area contributed by atoms with Crippen LogP contribution in [0.15, 0.2) is 28.1 Å². The van der Waals surface area contributed by atoms with E-state index in [2.05, 4.69) is 4.98 Å². The molecule has 4 atom stereocenters. The molecule has 1 aliphatic heterocycles. The van der Waals surface area contributed by atoms with E-state index in [-0.39, 0.29) is 12.0 Å². The van der Waals surface area contributed by atoms with Crippen LogP contribution in [0.25, 0.3) is 0 Å². The summed E-state index contributed by atoms with van der Waals surface area (Å²) >= 11 is 0. The minimum Gasteiger partial charge on any atom is -0.405 e. The Kier molecular flexibility index (Phi) is 4.58. The summed E-state index contributed by atoms with van der Waals surface area (Å²) in [7, 11) is 0. The number of allylic oxidation sites excluding steroid dienone is 1. The van der Waals surface area contributed by atoms with Crippen molar-refractivity contribution in [3.63, 3.8) is 0 Å². The third-order valence-electron chi connectivity index (χ3n) is 3.31. The molecule has 0 aliphatic carbocycles. The van der Waals surface area contributed by atoms with Gasteiger partial charge in [0.1, 0.15) is 18.3 Å². The summed E-state index contributed by atoms with van der Waals surface area (Å²) in [5, 5.41) is 28.6. The number of aromatic amines is 1. The zero-order chi connectivity index (χ0) is 15.6. The summed E-state index contributed by atoms with van der Waals surface area (Å²) < 4.78 is 6.23. The first-order chi connectivity index (χ1) is 9.99. The van der Waals surface area contributed by atoms with Crippen LogP contribution in [0.4, 0.5) is 0 Å². The molecule has 2 heterocycles. The smallest absolute Gasteiger partial charge is 0.330 e. The minimum absolute atomic E-state index is 0.195. The lowest BCUT2D eigenvalue weighted by Gasteiger charge is -2.17. The fourth-order valence-corrected chi connectivity index (χ4v) is 2.17. The molecule has 1 fully saturated rings. The maximum atomic E-state index is 11.8. The maximum absolute atomic E-state index is 11.8. The van der Waals surface area contributed by atoms with Crippen molar-refractivity contribution in [1.29, 1.82) is 0 Å². The highest BCUT2D eigenvalue weighted by Crippen LogP contribution is 2.27. The second kappa shape index (κ2) is 6.22. The summed E-state index contributed by atoms with van der Waals surface area (Å²) in [5.74, 6) is 0. The van der Waals surface area contributed by atoms with Gasteiger partial charge >= 0.3 is 5.69 Å². The number of aromatic nitrogens is 2. The van der Waals surface area contributed by atoms with Crippen molar-refractivity contribution in [3.05, 3.63) is 44.9 Å². The Hall–Kier alpha value is -1.94. The topological polar surface area (TPSA) is 151 Å². The molecule has 0 amide bonds. The van der Waals surface area contributed by atoms with Crippen molar-refractivity contribution in [3.8, 4) is 0 Å². The van der Waals surface area contributed by atoms with Crippen LogP contribution >= 0.6 is 0 Å². The molecule has 0 bridgehead atoms. The van der Waals surface area contributed by atoms with Gasteiger partial charge in [0.15, 0.2) is 6.23 Å². The zero-order valence-electron chi connectivity index (χ0n) is 11.0. The van der Waals surface area contributed by atoms with E-state index in [1.807, 2.05) is 0 Å². The molecule has 1 aromatic heterocycles. The second-order valence-corrected chi connectivity index (χ2v) is 4.68. The average molecular weight is 299 g/mol. The van der Waals surface area contributed by atoms with E-state index in [1.54, 1.807) is 0 Å². The predicted molar refractivity (Wildman–Crippen MR) is 71.4 cm³/mol. The Morgan fingerprint density at radius 1 is 1.38 bits per heavy atom. The summed E-state index contributed by atoms with van der Waals surface area (Å²) in [6.07, 6.45) is -0.700. The largest absolute Gasteiger partial charge is 0.405 e. The van der Waals surface area contributed by atoms with Gasteiger partial charge in [-0.15, -0.1) is 0 Å². The molecule has 21 heavy (non-hydrogen) atoms. The standard InChI is InChI=1S/C12H17N3O6/c13-3-1-2-6-4-15(12(20)14-10(6)19)11-9(18)8(17)7(5-16)21-11/h1,3-4,7-9,11,16-18H,2,5,13H2,(H,14,19,20)/b3-1+/t7-,8-,9-,11-/m1/s1. The number of aliphatic hydroxyl groups is 3. The molecular formula is C12H17N3O6. The van der Waals surface area contributed by atoms with Gasteiger partial charge < -0.3 is 25.8 Å². The van der Waals surface area contributed by atoms with Crippen LogP contribution in [-0.2, 0) is 11.2 Å². The maximum Gasteiger partial charge on any atom is 0.330 e. The van der Waals surface area contributed by atoms with Crippen LogP contribution in [-0.4, -0.2) is 49.8 Å². The summed E-state index contributed by atoms with van der Waals surface area (Å²) in [4.78, 5) is 25.6. The molecule has 9 heteroatoms. The minimum atomic E-state index is -1.40. The molecular weight excluding hydrogens is 282 g/mol. The van der Waals surface area contributed by atoms with Crippen LogP contribution in [0.1, 0.15) is 11.8 Å². The van der Waals surface area contributed by atoms with Crippen LogP contribution < -0.4 is 17.0 Å². The molecule has 116 valence electrons. The number of nitrogens with one attached hydrogen (secondary N) is 1. The van der Waals surface area contributed by atoms with E-state index in [0.29, 0.717) is 0 Å². The van der Waals surface area contributed by atoms with E-state index in [9.17, 15) is 19.8 Å². The monoisotopic (exact) mass is 299 g/mol. The highest BCUT2D eigenvalue weighted by molar-refractivity contribution is 5.10. The van der Waals surface area contributed by atoms with Crippen molar-refractivity contribution < 1.29 is 20.1 Å². The van der Waals surface area contributed by atoms with Crippen LogP contribution in [0.3, 0.4) is 0 Å². The van der Waals surface area contributed by atoms with Crippen LogP contribution in [0.5, 0.6) is 0 Å². The van der Waals surface area contributed by atoms with E-state index < -0.39 is 42.4 Å². The lowest BCUT2D eigenvalue weighted by molar-refractivity contribution is -0.0551. The highest BCUT2D eigenvalue weighted by atomic mass is 16.6. The summed E-state index contributed by atoms with van der Waals surface area (Å²) in [5.41, 5.74) is 4.10. The van der Waals surface area contributed by atoms with E-state index >= 15 is 0 Å². The van der Waals surface area contributed by atoms with Gasteiger partial charge in [-0.25, -0.2) is 4.79 Å². The van der Waals surface area contributed by atoms with Gasteiger partial charge in [0.05, 0.1) is 6.61 Å². The number of aliphatic hydroxyl groups excluding tert-OH is 3. The van der Waals surface area contributed by atoms with Crippen LogP contribution in [0.2, 0.25) is 0 Å².